The Labute approximate surface area is 171 Å². The maximum absolute atomic E-state index is 12.2. The molecule has 0 aliphatic heterocycles. The molecule has 0 bridgehead atoms. The molecule has 29 heavy (non-hydrogen) atoms. The second-order valence-electron chi connectivity index (χ2n) is 6.75. The van der Waals surface area contributed by atoms with Crippen molar-refractivity contribution >= 4 is 12.0 Å². The molecule has 0 aliphatic carbocycles. The van der Waals surface area contributed by atoms with Crippen molar-refractivity contribution in [2.45, 2.75) is 19.1 Å². The molecular formula is C25H25NO3. The van der Waals surface area contributed by atoms with Crippen molar-refractivity contribution in [1.82, 2.24) is 5.32 Å². The lowest BCUT2D eigenvalue weighted by atomic mass is 10.1. The lowest BCUT2D eigenvalue weighted by molar-refractivity contribution is -0.117. The quantitative estimate of drug-likeness (QED) is 0.546. The fourth-order valence-electron chi connectivity index (χ4n) is 2.90. The number of carbonyl (C=O) groups excluding carboxylic acids is 1. The zero-order valence-electron chi connectivity index (χ0n) is 16.2. The lowest BCUT2D eigenvalue weighted by Gasteiger charge is -2.15. The van der Waals surface area contributed by atoms with Crippen LogP contribution in [0.3, 0.4) is 0 Å². The molecule has 4 heteroatoms. The Morgan fingerprint density at radius 1 is 0.897 bits per heavy atom. The predicted octanol–water partition coefficient (Wildman–Crippen LogP) is 4.00. The Morgan fingerprint density at radius 3 is 2.14 bits per heavy atom. The second kappa shape index (κ2) is 10.8. The SMILES string of the molecule is O=C(/C=C/c1ccc(OCc2ccccc2)cc1)N[C@H](CO)Cc1ccccc1. The Balaban J connectivity index is 1.48. The minimum Gasteiger partial charge on any atom is -0.489 e. The van der Waals surface area contributed by atoms with Crippen LogP contribution < -0.4 is 10.1 Å². The zero-order valence-corrected chi connectivity index (χ0v) is 16.2. The Hall–Kier alpha value is -3.37. The molecule has 0 radical (unpaired) electrons. The molecule has 0 fully saturated rings. The lowest BCUT2D eigenvalue weighted by Crippen LogP contribution is -2.38. The molecule has 0 aromatic heterocycles. The summed E-state index contributed by atoms with van der Waals surface area (Å²) < 4.78 is 5.77. The van der Waals surface area contributed by atoms with Gasteiger partial charge in [0.05, 0.1) is 12.6 Å². The van der Waals surface area contributed by atoms with Gasteiger partial charge in [-0.2, -0.15) is 0 Å². The molecule has 3 rings (SSSR count). The van der Waals surface area contributed by atoms with Gasteiger partial charge in [0.15, 0.2) is 0 Å². The summed E-state index contributed by atoms with van der Waals surface area (Å²) in [5.41, 5.74) is 3.08. The molecule has 0 saturated carbocycles. The summed E-state index contributed by atoms with van der Waals surface area (Å²) >= 11 is 0. The Morgan fingerprint density at radius 2 is 1.52 bits per heavy atom. The molecule has 148 valence electrons. The normalized spacial score (nSPS) is 11.9. The molecule has 4 nitrogen and oxygen atoms in total. The van der Waals surface area contributed by atoms with Gasteiger partial charge in [0.2, 0.25) is 5.91 Å². The van der Waals surface area contributed by atoms with E-state index in [2.05, 4.69) is 5.32 Å². The van der Waals surface area contributed by atoms with Gasteiger partial charge in [0, 0.05) is 6.08 Å². The van der Waals surface area contributed by atoms with Crippen molar-refractivity contribution in [2.75, 3.05) is 6.61 Å². The van der Waals surface area contributed by atoms with E-state index in [1.165, 1.54) is 6.08 Å². The fraction of sp³-hybridized carbons (Fsp3) is 0.160. The predicted molar refractivity (Wildman–Crippen MR) is 115 cm³/mol. The van der Waals surface area contributed by atoms with Crippen LogP contribution in [0.25, 0.3) is 6.08 Å². The van der Waals surface area contributed by atoms with E-state index < -0.39 is 0 Å². The number of hydrogen-bond donors (Lipinski definition) is 2. The molecule has 1 amide bonds. The number of benzene rings is 3. The molecule has 0 saturated heterocycles. The maximum Gasteiger partial charge on any atom is 0.244 e. The first-order valence-corrected chi connectivity index (χ1v) is 9.63. The maximum atomic E-state index is 12.2. The third kappa shape index (κ3) is 6.94. The molecule has 1 atom stereocenters. The van der Waals surface area contributed by atoms with Crippen LogP contribution in [0.5, 0.6) is 5.75 Å². The van der Waals surface area contributed by atoms with Gasteiger partial charge in [-0.3, -0.25) is 4.79 Å². The average molecular weight is 387 g/mol. The van der Waals surface area contributed by atoms with Crippen molar-refractivity contribution in [3.05, 3.63) is 108 Å². The molecule has 0 heterocycles. The number of aliphatic hydroxyl groups is 1. The average Bonchev–Trinajstić information content (AvgIpc) is 2.78. The van der Waals surface area contributed by atoms with Crippen LogP contribution in [0.15, 0.2) is 91.0 Å². The van der Waals surface area contributed by atoms with Gasteiger partial charge in [-0.15, -0.1) is 0 Å². The van der Waals surface area contributed by atoms with Crippen LogP contribution in [0.1, 0.15) is 16.7 Å². The van der Waals surface area contributed by atoms with Crippen LogP contribution in [-0.4, -0.2) is 23.7 Å². The summed E-state index contributed by atoms with van der Waals surface area (Å²) in [4.78, 5) is 12.2. The standard InChI is InChI=1S/C25H25NO3/c27-18-23(17-21-7-3-1-4-8-21)26-25(28)16-13-20-11-14-24(15-12-20)29-19-22-9-5-2-6-10-22/h1-16,23,27H,17-19H2,(H,26,28)/b16-13+/t23-/m0/s1. The van der Waals surface area contributed by atoms with E-state index in [0.717, 1.165) is 22.4 Å². The molecule has 2 N–H and O–H groups in total. The summed E-state index contributed by atoms with van der Waals surface area (Å²) in [7, 11) is 0. The highest BCUT2D eigenvalue weighted by Crippen LogP contribution is 2.15. The van der Waals surface area contributed by atoms with Crippen molar-refractivity contribution < 1.29 is 14.6 Å². The molecule has 0 aliphatic rings. The Kier molecular flexibility index (Phi) is 7.61. The Bertz CT molecular complexity index is 906. The van der Waals surface area contributed by atoms with Crippen molar-refractivity contribution in [3.63, 3.8) is 0 Å². The topological polar surface area (TPSA) is 58.6 Å². The van der Waals surface area contributed by atoms with E-state index in [9.17, 15) is 9.90 Å². The molecule has 3 aromatic rings. The van der Waals surface area contributed by atoms with Gasteiger partial charge in [0.1, 0.15) is 12.4 Å². The first kappa shape index (κ1) is 20.4. The van der Waals surface area contributed by atoms with Crippen LogP contribution in [0.2, 0.25) is 0 Å². The van der Waals surface area contributed by atoms with Gasteiger partial charge in [-0.1, -0.05) is 72.8 Å². The van der Waals surface area contributed by atoms with E-state index in [-0.39, 0.29) is 18.6 Å². The number of ether oxygens (including phenoxy) is 1. The van der Waals surface area contributed by atoms with Gasteiger partial charge in [-0.25, -0.2) is 0 Å². The van der Waals surface area contributed by atoms with E-state index >= 15 is 0 Å². The number of carbonyl (C=O) groups is 1. The minimum atomic E-state index is -0.316. The van der Waals surface area contributed by atoms with Crippen molar-refractivity contribution in [3.8, 4) is 5.75 Å². The van der Waals surface area contributed by atoms with Crippen LogP contribution >= 0.6 is 0 Å². The molecule has 3 aromatic carbocycles. The molecule has 0 unspecified atom stereocenters. The highest BCUT2D eigenvalue weighted by molar-refractivity contribution is 5.91. The van der Waals surface area contributed by atoms with Crippen LogP contribution in [0.4, 0.5) is 0 Å². The third-order valence-electron chi connectivity index (χ3n) is 4.45. The number of nitrogens with one attached hydrogen (secondary N) is 1. The minimum absolute atomic E-state index is 0.109. The van der Waals surface area contributed by atoms with E-state index in [1.54, 1.807) is 6.08 Å². The number of aliphatic hydroxyl groups excluding tert-OH is 1. The number of amides is 1. The highest BCUT2D eigenvalue weighted by Gasteiger charge is 2.10. The summed E-state index contributed by atoms with van der Waals surface area (Å²) in [5, 5.41) is 12.4. The van der Waals surface area contributed by atoms with Gasteiger partial charge < -0.3 is 15.2 Å². The molecular weight excluding hydrogens is 362 g/mol. The summed E-state index contributed by atoms with van der Waals surface area (Å²) in [6.07, 6.45) is 3.81. The summed E-state index contributed by atoms with van der Waals surface area (Å²) in [5.74, 6) is 0.544. The van der Waals surface area contributed by atoms with Gasteiger partial charge >= 0.3 is 0 Å². The summed E-state index contributed by atoms with van der Waals surface area (Å²) in [6, 6.07) is 27.0. The van der Waals surface area contributed by atoms with Crippen molar-refractivity contribution in [2.24, 2.45) is 0 Å². The first-order chi connectivity index (χ1) is 14.2. The summed E-state index contributed by atoms with van der Waals surface area (Å²) in [6.45, 7) is 0.407. The zero-order chi connectivity index (χ0) is 20.3. The molecule has 0 spiro atoms. The number of rotatable bonds is 9. The smallest absolute Gasteiger partial charge is 0.244 e. The largest absolute Gasteiger partial charge is 0.489 e. The fourth-order valence-corrected chi connectivity index (χ4v) is 2.90. The van der Waals surface area contributed by atoms with E-state index in [0.29, 0.717) is 13.0 Å². The van der Waals surface area contributed by atoms with Crippen LogP contribution in [0, 0.1) is 0 Å². The first-order valence-electron chi connectivity index (χ1n) is 9.63. The van der Waals surface area contributed by atoms with E-state index in [4.69, 9.17) is 4.74 Å². The van der Waals surface area contributed by atoms with Crippen LogP contribution in [-0.2, 0) is 17.8 Å². The van der Waals surface area contributed by atoms with Crippen molar-refractivity contribution in [1.29, 1.82) is 0 Å². The van der Waals surface area contributed by atoms with Gasteiger partial charge in [-0.05, 0) is 41.3 Å². The van der Waals surface area contributed by atoms with E-state index in [1.807, 2.05) is 84.9 Å². The third-order valence-corrected chi connectivity index (χ3v) is 4.45. The van der Waals surface area contributed by atoms with Gasteiger partial charge in [0.25, 0.3) is 0 Å². The monoisotopic (exact) mass is 387 g/mol. The highest BCUT2D eigenvalue weighted by atomic mass is 16.5. The second-order valence-corrected chi connectivity index (χ2v) is 6.75. The number of hydrogen-bond acceptors (Lipinski definition) is 3.